The minimum atomic E-state index is 0.891. The molecule has 0 spiro atoms. The summed E-state index contributed by atoms with van der Waals surface area (Å²) in [4.78, 5) is 0. The molecule has 1 aromatic rings. The standard InChI is InChI=1S/C6H9NO/c1-3-6-4-5(2)8-7-6/h4H,3H2,1-2H3. The van der Waals surface area contributed by atoms with E-state index in [4.69, 9.17) is 4.52 Å². The number of aryl methyl sites for hydroxylation is 2. The molecule has 0 amide bonds. The maximum atomic E-state index is 4.81. The van der Waals surface area contributed by atoms with Crippen LogP contribution in [-0.2, 0) is 6.42 Å². The van der Waals surface area contributed by atoms with Crippen LogP contribution >= 0.6 is 0 Å². The number of nitrogens with zero attached hydrogens (tertiary/aromatic N) is 1. The Kier molecular flexibility index (Phi) is 1.33. The largest absolute Gasteiger partial charge is 0.361 e. The second-order valence-corrected chi connectivity index (χ2v) is 1.78. The number of aromatic nitrogens is 1. The molecule has 0 bridgehead atoms. The molecule has 1 aromatic heterocycles. The molecule has 0 atom stereocenters. The smallest absolute Gasteiger partial charge is 0.133 e. The third kappa shape index (κ3) is 0.886. The summed E-state index contributed by atoms with van der Waals surface area (Å²) in [5.74, 6) is 0.891. The van der Waals surface area contributed by atoms with Crippen molar-refractivity contribution in [3.63, 3.8) is 0 Å². The first-order chi connectivity index (χ1) is 3.83. The molecule has 0 aliphatic rings. The molecule has 0 aromatic carbocycles. The van der Waals surface area contributed by atoms with Gasteiger partial charge in [-0.25, -0.2) is 0 Å². The summed E-state index contributed by atoms with van der Waals surface area (Å²) in [5, 5.41) is 3.76. The van der Waals surface area contributed by atoms with Crippen LogP contribution in [0.2, 0.25) is 0 Å². The Morgan fingerprint density at radius 2 is 2.50 bits per heavy atom. The zero-order valence-electron chi connectivity index (χ0n) is 5.14. The van der Waals surface area contributed by atoms with Gasteiger partial charge in [0, 0.05) is 6.07 Å². The van der Waals surface area contributed by atoms with Crippen LogP contribution < -0.4 is 0 Å². The van der Waals surface area contributed by atoms with Gasteiger partial charge in [0.05, 0.1) is 5.69 Å². The molecule has 0 radical (unpaired) electrons. The average Bonchev–Trinajstić information content (AvgIpc) is 2.14. The molecule has 2 nitrogen and oxygen atoms in total. The van der Waals surface area contributed by atoms with Gasteiger partial charge in [-0.05, 0) is 13.3 Å². The van der Waals surface area contributed by atoms with Crippen molar-refractivity contribution in [3.05, 3.63) is 17.5 Å². The lowest BCUT2D eigenvalue weighted by molar-refractivity contribution is 0.391. The van der Waals surface area contributed by atoms with E-state index in [0.717, 1.165) is 17.9 Å². The second kappa shape index (κ2) is 1.99. The molecular formula is C6H9NO. The van der Waals surface area contributed by atoms with Crippen molar-refractivity contribution in [1.29, 1.82) is 0 Å². The molecule has 0 saturated heterocycles. The number of hydrogen-bond acceptors (Lipinski definition) is 2. The molecule has 0 aliphatic carbocycles. The molecule has 1 heterocycles. The van der Waals surface area contributed by atoms with Gasteiger partial charge in [0.25, 0.3) is 0 Å². The summed E-state index contributed by atoms with van der Waals surface area (Å²) in [6.45, 7) is 3.95. The average molecular weight is 111 g/mol. The fourth-order valence-electron chi connectivity index (χ4n) is 0.585. The number of hydrogen-bond donors (Lipinski definition) is 0. The Hall–Kier alpha value is -0.790. The zero-order valence-corrected chi connectivity index (χ0v) is 5.14. The third-order valence-electron chi connectivity index (χ3n) is 1.04. The lowest BCUT2D eigenvalue weighted by atomic mass is 10.3. The lowest BCUT2D eigenvalue weighted by Crippen LogP contribution is -1.73. The summed E-state index contributed by atoms with van der Waals surface area (Å²) in [6, 6.07) is 1.94. The van der Waals surface area contributed by atoms with Crippen molar-refractivity contribution in [3.8, 4) is 0 Å². The summed E-state index contributed by atoms with van der Waals surface area (Å²) in [7, 11) is 0. The van der Waals surface area contributed by atoms with Gasteiger partial charge in [-0.3, -0.25) is 0 Å². The van der Waals surface area contributed by atoms with E-state index in [0.29, 0.717) is 0 Å². The van der Waals surface area contributed by atoms with Gasteiger partial charge in [-0.15, -0.1) is 0 Å². The molecule has 0 fully saturated rings. The number of rotatable bonds is 1. The molecule has 1 rings (SSSR count). The van der Waals surface area contributed by atoms with Gasteiger partial charge in [0.2, 0.25) is 0 Å². The summed E-state index contributed by atoms with van der Waals surface area (Å²) in [5.41, 5.74) is 1.03. The highest BCUT2D eigenvalue weighted by Crippen LogP contribution is 2.00. The van der Waals surface area contributed by atoms with Crippen LogP contribution in [0.4, 0.5) is 0 Å². The SMILES string of the molecule is CCc1cc(C)on1. The highest BCUT2D eigenvalue weighted by Gasteiger charge is 1.93. The van der Waals surface area contributed by atoms with Crippen molar-refractivity contribution in [2.45, 2.75) is 20.3 Å². The Morgan fingerprint density at radius 3 is 2.75 bits per heavy atom. The lowest BCUT2D eigenvalue weighted by Gasteiger charge is -1.75. The van der Waals surface area contributed by atoms with Crippen molar-refractivity contribution in [2.75, 3.05) is 0 Å². The second-order valence-electron chi connectivity index (χ2n) is 1.78. The van der Waals surface area contributed by atoms with E-state index >= 15 is 0 Å². The predicted octanol–water partition coefficient (Wildman–Crippen LogP) is 1.55. The molecule has 0 unspecified atom stereocenters. The monoisotopic (exact) mass is 111 g/mol. The van der Waals surface area contributed by atoms with Crippen LogP contribution in [0.3, 0.4) is 0 Å². The van der Waals surface area contributed by atoms with Gasteiger partial charge in [-0.1, -0.05) is 12.1 Å². The Balaban J connectivity index is 2.84. The minimum absolute atomic E-state index is 0.891. The van der Waals surface area contributed by atoms with Gasteiger partial charge < -0.3 is 4.52 Å². The Morgan fingerprint density at radius 1 is 1.75 bits per heavy atom. The van der Waals surface area contributed by atoms with Crippen LogP contribution in [0.15, 0.2) is 10.6 Å². The van der Waals surface area contributed by atoms with Crippen molar-refractivity contribution >= 4 is 0 Å². The first-order valence-electron chi connectivity index (χ1n) is 2.75. The van der Waals surface area contributed by atoms with Crippen molar-refractivity contribution < 1.29 is 4.52 Å². The fourth-order valence-corrected chi connectivity index (χ4v) is 0.585. The summed E-state index contributed by atoms with van der Waals surface area (Å²) in [6.07, 6.45) is 0.956. The van der Waals surface area contributed by atoms with E-state index in [1.165, 1.54) is 0 Å². The van der Waals surface area contributed by atoms with Crippen molar-refractivity contribution in [2.24, 2.45) is 0 Å². The molecule has 44 valence electrons. The zero-order chi connectivity index (χ0) is 5.98. The van der Waals surface area contributed by atoms with Gasteiger partial charge >= 0.3 is 0 Å². The fraction of sp³-hybridized carbons (Fsp3) is 0.500. The van der Waals surface area contributed by atoms with Crippen LogP contribution in [0.25, 0.3) is 0 Å². The highest BCUT2D eigenvalue weighted by molar-refractivity contribution is 5.02. The molecule has 0 saturated carbocycles. The van der Waals surface area contributed by atoms with Crippen LogP contribution in [0.5, 0.6) is 0 Å². The van der Waals surface area contributed by atoms with Gasteiger partial charge in [-0.2, -0.15) is 0 Å². The normalized spacial score (nSPS) is 9.75. The van der Waals surface area contributed by atoms with Crippen LogP contribution in [0.1, 0.15) is 18.4 Å². The van der Waals surface area contributed by atoms with E-state index < -0.39 is 0 Å². The van der Waals surface area contributed by atoms with Crippen LogP contribution in [0, 0.1) is 6.92 Å². The molecular weight excluding hydrogens is 102 g/mol. The highest BCUT2D eigenvalue weighted by atomic mass is 16.5. The van der Waals surface area contributed by atoms with E-state index in [9.17, 15) is 0 Å². The topological polar surface area (TPSA) is 26.0 Å². The van der Waals surface area contributed by atoms with Crippen molar-refractivity contribution in [1.82, 2.24) is 5.16 Å². The first kappa shape index (κ1) is 5.35. The van der Waals surface area contributed by atoms with E-state index in [1.807, 2.05) is 13.0 Å². The van der Waals surface area contributed by atoms with Gasteiger partial charge in [0.1, 0.15) is 5.76 Å². The van der Waals surface area contributed by atoms with E-state index in [-0.39, 0.29) is 0 Å². The first-order valence-corrected chi connectivity index (χ1v) is 2.75. The summed E-state index contributed by atoms with van der Waals surface area (Å²) < 4.78 is 4.81. The van der Waals surface area contributed by atoms with E-state index in [2.05, 4.69) is 12.1 Å². The maximum Gasteiger partial charge on any atom is 0.133 e. The molecule has 0 N–H and O–H groups in total. The van der Waals surface area contributed by atoms with Crippen LogP contribution in [-0.4, -0.2) is 5.16 Å². The Labute approximate surface area is 48.5 Å². The molecule has 8 heavy (non-hydrogen) atoms. The minimum Gasteiger partial charge on any atom is -0.361 e. The third-order valence-corrected chi connectivity index (χ3v) is 1.04. The van der Waals surface area contributed by atoms with Gasteiger partial charge in [0.15, 0.2) is 0 Å². The maximum absolute atomic E-state index is 4.81. The quantitative estimate of drug-likeness (QED) is 0.549. The molecule has 2 heteroatoms. The summed E-state index contributed by atoms with van der Waals surface area (Å²) >= 11 is 0. The van der Waals surface area contributed by atoms with E-state index in [1.54, 1.807) is 0 Å². The molecule has 0 aliphatic heterocycles. The Bertz CT molecular complexity index is 169. The predicted molar refractivity (Wildman–Crippen MR) is 30.6 cm³/mol.